The van der Waals surface area contributed by atoms with Crippen LogP contribution in [0.1, 0.15) is 6.42 Å². The standard InChI is InChI=1S/C8H13ClN2S/c9-3-1-7-12-8-6-11-5-2-4-10-11/h2,4-5H,1,3,6-8H2. The number of nitrogens with zero attached hydrogens (tertiary/aromatic N) is 2. The van der Waals surface area contributed by atoms with E-state index in [9.17, 15) is 0 Å². The topological polar surface area (TPSA) is 17.8 Å². The number of hydrogen-bond acceptors (Lipinski definition) is 2. The molecule has 1 heterocycles. The molecule has 0 spiro atoms. The summed E-state index contributed by atoms with van der Waals surface area (Å²) in [5.41, 5.74) is 0. The van der Waals surface area contributed by atoms with Gasteiger partial charge in [-0.05, 0) is 18.2 Å². The van der Waals surface area contributed by atoms with Gasteiger partial charge in [0.25, 0.3) is 0 Å². The first-order chi connectivity index (χ1) is 5.93. The van der Waals surface area contributed by atoms with E-state index in [1.807, 2.05) is 34.9 Å². The van der Waals surface area contributed by atoms with Gasteiger partial charge in [0.2, 0.25) is 0 Å². The van der Waals surface area contributed by atoms with Crippen LogP contribution in [-0.2, 0) is 6.54 Å². The number of rotatable bonds is 6. The Morgan fingerprint density at radius 1 is 1.42 bits per heavy atom. The summed E-state index contributed by atoms with van der Waals surface area (Å²) in [6.45, 7) is 1.000. The van der Waals surface area contributed by atoms with Gasteiger partial charge < -0.3 is 0 Å². The van der Waals surface area contributed by atoms with E-state index in [0.717, 1.165) is 30.4 Å². The Kier molecular flexibility index (Phi) is 5.28. The first-order valence-electron chi connectivity index (χ1n) is 4.04. The summed E-state index contributed by atoms with van der Waals surface area (Å²) in [5.74, 6) is 3.05. The average Bonchev–Trinajstić information content (AvgIpc) is 2.57. The maximum absolute atomic E-state index is 5.55. The molecule has 0 radical (unpaired) electrons. The van der Waals surface area contributed by atoms with Gasteiger partial charge >= 0.3 is 0 Å². The van der Waals surface area contributed by atoms with Gasteiger partial charge in [0.15, 0.2) is 0 Å². The molecule has 2 nitrogen and oxygen atoms in total. The van der Waals surface area contributed by atoms with Crippen LogP contribution in [0, 0.1) is 0 Å². The van der Waals surface area contributed by atoms with Crippen LogP contribution < -0.4 is 0 Å². The fraction of sp³-hybridized carbons (Fsp3) is 0.625. The van der Waals surface area contributed by atoms with Gasteiger partial charge in [-0.3, -0.25) is 4.68 Å². The summed E-state index contributed by atoms with van der Waals surface area (Å²) < 4.78 is 1.95. The molecule has 1 aromatic heterocycles. The molecule has 0 N–H and O–H groups in total. The minimum atomic E-state index is 0.773. The number of alkyl halides is 1. The zero-order chi connectivity index (χ0) is 8.65. The van der Waals surface area contributed by atoms with Gasteiger partial charge in [-0.25, -0.2) is 0 Å². The molecule has 0 amide bonds. The summed E-state index contributed by atoms with van der Waals surface area (Å²) in [4.78, 5) is 0. The van der Waals surface area contributed by atoms with E-state index >= 15 is 0 Å². The Balaban J connectivity index is 1.96. The molecule has 0 unspecified atom stereocenters. The lowest BCUT2D eigenvalue weighted by molar-refractivity contribution is 0.666. The molecule has 0 saturated heterocycles. The van der Waals surface area contributed by atoms with Gasteiger partial charge in [-0.2, -0.15) is 16.9 Å². The minimum absolute atomic E-state index is 0.773. The first kappa shape index (κ1) is 9.93. The molecule has 0 aliphatic carbocycles. The quantitative estimate of drug-likeness (QED) is 0.523. The largest absolute Gasteiger partial charge is 0.272 e. The highest BCUT2D eigenvalue weighted by molar-refractivity contribution is 7.99. The van der Waals surface area contributed by atoms with Crippen LogP contribution in [0.5, 0.6) is 0 Å². The molecular weight excluding hydrogens is 192 g/mol. The van der Waals surface area contributed by atoms with Crippen LogP contribution in [0.4, 0.5) is 0 Å². The maximum atomic E-state index is 5.55. The van der Waals surface area contributed by atoms with Crippen molar-refractivity contribution in [2.45, 2.75) is 13.0 Å². The van der Waals surface area contributed by atoms with Crippen LogP contribution in [0.3, 0.4) is 0 Å². The van der Waals surface area contributed by atoms with Crippen molar-refractivity contribution in [2.75, 3.05) is 17.4 Å². The van der Waals surface area contributed by atoms with E-state index < -0.39 is 0 Å². The Labute approximate surface area is 82.3 Å². The molecule has 0 saturated carbocycles. The maximum Gasteiger partial charge on any atom is 0.0499 e. The molecule has 0 aliphatic rings. The molecule has 0 aromatic carbocycles. The SMILES string of the molecule is ClCCCSCCn1cccn1. The van der Waals surface area contributed by atoms with E-state index in [2.05, 4.69) is 5.10 Å². The average molecular weight is 205 g/mol. The molecule has 0 bridgehead atoms. The normalized spacial score (nSPS) is 10.4. The molecule has 4 heteroatoms. The van der Waals surface area contributed by atoms with Gasteiger partial charge in [0.1, 0.15) is 0 Å². The summed E-state index contributed by atoms with van der Waals surface area (Å²) in [6.07, 6.45) is 4.90. The lowest BCUT2D eigenvalue weighted by Gasteiger charge is -2.00. The van der Waals surface area contributed by atoms with Gasteiger partial charge in [-0.15, -0.1) is 11.6 Å². The minimum Gasteiger partial charge on any atom is -0.272 e. The highest BCUT2D eigenvalue weighted by Gasteiger charge is 1.91. The number of halogens is 1. The molecule has 1 rings (SSSR count). The zero-order valence-electron chi connectivity index (χ0n) is 6.95. The van der Waals surface area contributed by atoms with Crippen LogP contribution in [0.2, 0.25) is 0 Å². The summed E-state index contributed by atoms with van der Waals surface area (Å²) in [6, 6.07) is 1.95. The molecule has 68 valence electrons. The third-order valence-electron chi connectivity index (χ3n) is 1.45. The number of aryl methyl sites for hydroxylation is 1. The lowest BCUT2D eigenvalue weighted by Crippen LogP contribution is -2.00. The van der Waals surface area contributed by atoms with Crippen molar-refractivity contribution in [2.24, 2.45) is 0 Å². The highest BCUT2D eigenvalue weighted by atomic mass is 35.5. The van der Waals surface area contributed by atoms with Crippen molar-refractivity contribution in [1.82, 2.24) is 9.78 Å². The van der Waals surface area contributed by atoms with Crippen LogP contribution in [-0.4, -0.2) is 27.2 Å². The van der Waals surface area contributed by atoms with E-state index in [4.69, 9.17) is 11.6 Å². The molecule has 1 aromatic rings. The summed E-state index contributed by atoms with van der Waals surface area (Å²) in [7, 11) is 0. The van der Waals surface area contributed by atoms with Gasteiger partial charge in [0.05, 0.1) is 0 Å². The second kappa shape index (κ2) is 6.38. The molecule has 0 fully saturated rings. The van der Waals surface area contributed by atoms with Crippen LogP contribution in [0.25, 0.3) is 0 Å². The van der Waals surface area contributed by atoms with Gasteiger partial charge in [-0.1, -0.05) is 0 Å². The Morgan fingerprint density at radius 3 is 3.00 bits per heavy atom. The predicted molar refractivity (Wildman–Crippen MR) is 54.9 cm³/mol. The molecule has 12 heavy (non-hydrogen) atoms. The van der Waals surface area contributed by atoms with Crippen LogP contribution >= 0.6 is 23.4 Å². The number of hydrogen-bond donors (Lipinski definition) is 0. The van der Waals surface area contributed by atoms with Crippen molar-refractivity contribution in [3.05, 3.63) is 18.5 Å². The fourth-order valence-corrected chi connectivity index (χ4v) is 2.01. The van der Waals surface area contributed by atoms with Crippen molar-refractivity contribution >= 4 is 23.4 Å². The first-order valence-corrected chi connectivity index (χ1v) is 5.73. The third-order valence-corrected chi connectivity index (χ3v) is 2.76. The Hall–Kier alpha value is -0.150. The van der Waals surface area contributed by atoms with E-state index in [1.54, 1.807) is 0 Å². The van der Waals surface area contributed by atoms with E-state index in [1.165, 1.54) is 0 Å². The Morgan fingerprint density at radius 2 is 2.33 bits per heavy atom. The lowest BCUT2D eigenvalue weighted by atomic mass is 10.6. The van der Waals surface area contributed by atoms with Crippen molar-refractivity contribution in [3.63, 3.8) is 0 Å². The smallest absolute Gasteiger partial charge is 0.0499 e. The number of thioether (sulfide) groups is 1. The molecule has 0 aliphatic heterocycles. The van der Waals surface area contributed by atoms with Gasteiger partial charge in [0, 0.05) is 30.6 Å². The third kappa shape index (κ3) is 4.02. The molecule has 0 atom stereocenters. The predicted octanol–water partition coefficient (Wildman–Crippen LogP) is 2.25. The summed E-state index contributed by atoms with van der Waals surface area (Å²) in [5, 5.41) is 4.11. The fourth-order valence-electron chi connectivity index (χ4n) is 0.849. The monoisotopic (exact) mass is 204 g/mol. The van der Waals surface area contributed by atoms with Crippen molar-refractivity contribution < 1.29 is 0 Å². The zero-order valence-corrected chi connectivity index (χ0v) is 8.52. The van der Waals surface area contributed by atoms with Crippen molar-refractivity contribution in [3.8, 4) is 0 Å². The van der Waals surface area contributed by atoms with E-state index in [0.29, 0.717) is 0 Å². The highest BCUT2D eigenvalue weighted by Crippen LogP contribution is 2.03. The Bertz CT molecular complexity index is 189. The second-order valence-electron chi connectivity index (χ2n) is 2.42. The van der Waals surface area contributed by atoms with Crippen molar-refractivity contribution in [1.29, 1.82) is 0 Å². The van der Waals surface area contributed by atoms with Crippen LogP contribution in [0.15, 0.2) is 18.5 Å². The second-order valence-corrected chi connectivity index (χ2v) is 4.03. The van der Waals surface area contributed by atoms with E-state index in [-0.39, 0.29) is 0 Å². The molecular formula is C8H13ClN2S. The number of aromatic nitrogens is 2. The summed E-state index contributed by atoms with van der Waals surface area (Å²) >= 11 is 7.48.